The van der Waals surface area contributed by atoms with Gasteiger partial charge in [0.1, 0.15) is 0 Å². The fraction of sp³-hybridized carbons (Fsp3) is 0.562. The zero-order valence-electron chi connectivity index (χ0n) is 13.0. The molecule has 22 heavy (non-hydrogen) atoms. The van der Waals surface area contributed by atoms with Crippen LogP contribution in [0.1, 0.15) is 24.8 Å². The maximum atomic E-state index is 12.9. The predicted octanol–water partition coefficient (Wildman–Crippen LogP) is 1.28. The van der Waals surface area contributed by atoms with E-state index in [9.17, 15) is 13.2 Å². The van der Waals surface area contributed by atoms with Gasteiger partial charge in [0.2, 0.25) is 15.9 Å². The number of likely N-dealkylation sites (tertiary alicyclic amines) is 1. The zero-order valence-corrected chi connectivity index (χ0v) is 13.8. The Balaban J connectivity index is 2.04. The highest BCUT2D eigenvalue weighted by atomic mass is 32.2. The second kappa shape index (κ2) is 5.35. The average molecular weight is 322 g/mol. The van der Waals surface area contributed by atoms with Gasteiger partial charge >= 0.3 is 0 Å². The molecule has 0 bridgehead atoms. The number of benzene rings is 1. The lowest BCUT2D eigenvalue weighted by Gasteiger charge is -2.28. The molecule has 0 radical (unpaired) electrons. The minimum atomic E-state index is -3.29. The summed E-state index contributed by atoms with van der Waals surface area (Å²) in [6.07, 6.45) is 1.95. The van der Waals surface area contributed by atoms with Crippen LogP contribution in [0.2, 0.25) is 0 Å². The highest BCUT2D eigenvalue weighted by Gasteiger charge is 2.58. The fourth-order valence-electron chi connectivity index (χ4n) is 3.86. The standard InChI is InChI=1S/C16H22N2O3S/c1-3-17-10-9-16(15(17)19)12-18(22(2,20)21)11-14(16)13-7-5-4-6-8-13/h4-8,14H,3,9-12H2,1-2H3/t14-,16+/m0/s1. The lowest BCUT2D eigenvalue weighted by molar-refractivity contribution is -0.135. The Kier molecular flexibility index (Phi) is 3.77. The lowest BCUT2D eigenvalue weighted by Crippen LogP contribution is -2.40. The summed E-state index contributed by atoms with van der Waals surface area (Å²) in [6.45, 7) is 4.07. The Bertz CT molecular complexity index is 674. The average Bonchev–Trinajstić information content (AvgIpc) is 3.03. The van der Waals surface area contributed by atoms with Crippen LogP contribution in [0.4, 0.5) is 0 Å². The summed E-state index contributed by atoms with van der Waals surface area (Å²) in [4.78, 5) is 14.8. The first-order valence-electron chi connectivity index (χ1n) is 7.68. The van der Waals surface area contributed by atoms with Gasteiger partial charge in [-0.25, -0.2) is 12.7 Å². The molecule has 6 heteroatoms. The molecular formula is C16H22N2O3S. The Labute approximate surface area is 132 Å². The van der Waals surface area contributed by atoms with Crippen molar-refractivity contribution in [3.63, 3.8) is 0 Å². The van der Waals surface area contributed by atoms with Crippen molar-refractivity contribution in [3.05, 3.63) is 35.9 Å². The summed E-state index contributed by atoms with van der Waals surface area (Å²) in [6, 6.07) is 9.83. The van der Waals surface area contributed by atoms with E-state index in [1.165, 1.54) is 10.6 Å². The molecule has 0 aliphatic carbocycles. The molecule has 2 atom stereocenters. The molecule has 0 N–H and O–H groups in total. The molecule has 1 amide bonds. The minimum Gasteiger partial charge on any atom is -0.342 e. The van der Waals surface area contributed by atoms with E-state index in [1.807, 2.05) is 42.2 Å². The molecule has 2 saturated heterocycles. The van der Waals surface area contributed by atoms with Gasteiger partial charge in [-0.05, 0) is 18.9 Å². The van der Waals surface area contributed by atoms with Crippen LogP contribution in [-0.4, -0.2) is 56.0 Å². The molecule has 2 fully saturated rings. The summed E-state index contributed by atoms with van der Waals surface area (Å²) < 4.78 is 25.5. The lowest BCUT2D eigenvalue weighted by atomic mass is 9.73. The SMILES string of the molecule is CCN1CC[C@]2(CN(S(C)(=O)=O)C[C@H]2c2ccccc2)C1=O. The van der Waals surface area contributed by atoms with Crippen LogP contribution in [0.3, 0.4) is 0 Å². The zero-order chi connectivity index (χ0) is 16.0. The molecule has 2 aliphatic heterocycles. The van der Waals surface area contributed by atoms with Crippen molar-refractivity contribution in [2.24, 2.45) is 5.41 Å². The first kappa shape index (κ1) is 15.5. The summed E-state index contributed by atoms with van der Waals surface area (Å²) in [5, 5.41) is 0. The topological polar surface area (TPSA) is 57.7 Å². The van der Waals surface area contributed by atoms with E-state index in [1.54, 1.807) is 0 Å². The van der Waals surface area contributed by atoms with E-state index in [0.717, 1.165) is 18.5 Å². The van der Waals surface area contributed by atoms with Gasteiger partial charge < -0.3 is 4.90 Å². The molecule has 2 aliphatic rings. The number of carbonyl (C=O) groups is 1. The Morgan fingerprint density at radius 3 is 2.50 bits per heavy atom. The van der Waals surface area contributed by atoms with Crippen molar-refractivity contribution in [1.29, 1.82) is 0 Å². The Morgan fingerprint density at radius 2 is 1.95 bits per heavy atom. The Hall–Kier alpha value is -1.40. The quantitative estimate of drug-likeness (QED) is 0.842. The summed E-state index contributed by atoms with van der Waals surface area (Å²) in [5.41, 5.74) is 0.459. The van der Waals surface area contributed by atoms with E-state index < -0.39 is 15.4 Å². The van der Waals surface area contributed by atoms with Crippen LogP contribution < -0.4 is 0 Å². The van der Waals surface area contributed by atoms with Crippen LogP contribution >= 0.6 is 0 Å². The van der Waals surface area contributed by atoms with Crippen LogP contribution in [0, 0.1) is 5.41 Å². The van der Waals surface area contributed by atoms with Gasteiger partial charge in [-0.1, -0.05) is 30.3 Å². The molecule has 3 rings (SSSR count). The first-order valence-corrected chi connectivity index (χ1v) is 9.53. The van der Waals surface area contributed by atoms with E-state index in [-0.39, 0.29) is 11.8 Å². The molecule has 0 aromatic heterocycles. The molecule has 1 aromatic carbocycles. The molecular weight excluding hydrogens is 300 g/mol. The number of hydrogen-bond donors (Lipinski definition) is 0. The van der Waals surface area contributed by atoms with Gasteiger partial charge in [0.25, 0.3) is 0 Å². The van der Waals surface area contributed by atoms with Crippen LogP contribution in [0.5, 0.6) is 0 Å². The number of carbonyl (C=O) groups excluding carboxylic acids is 1. The summed E-state index contributed by atoms with van der Waals surface area (Å²) in [5.74, 6) is 0.0440. The van der Waals surface area contributed by atoms with E-state index in [4.69, 9.17) is 0 Å². The second-order valence-corrected chi connectivity index (χ2v) is 8.29. The molecule has 2 heterocycles. The van der Waals surface area contributed by atoms with Crippen LogP contribution in [0.15, 0.2) is 30.3 Å². The maximum Gasteiger partial charge on any atom is 0.230 e. The number of hydrogen-bond acceptors (Lipinski definition) is 3. The van der Waals surface area contributed by atoms with Crippen LogP contribution in [-0.2, 0) is 14.8 Å². The number of nitrogens with zero attached hydrogens (tertiary/aromatic N) is 2. The first-order chi connectivity index (χ1) is 10.4. The van der Waals surface area contributed by atoms with Crippen molar-refractivity contribution in [1.82, 2.24) is 9.21 Å². The van der Waals surface area contributed by atoms with Gasteiger partial charge in [0, 0.05) is 32.1 Å². The molecule has 5 nitrogen and oxygen atoms in total. The van der Waals surface area contributed by atoms with Crippen molar-refractivity contribution in [2.45, 2.75) is 19.3 Å². The van der Waals surface area contributed by atoms with Crippen molar-refractivity contribution in [2.75, 3.05) is 32.4 Å². The smallest absolute Gasteiger partial charge is 0.230 e. The molecule has 120 valence electrons. The maximum absolute atomic E-state index is 12.9. The van der Waals surface area contributed by atoms with E-state index in [0.29, 0.717) is 19.6 Å². The highest BCUT2D eigenvalue weighted by Crippen LogP contribution is 2.50. The summed E-state index contributed by atoms with van der Waals surface area (Å²) >= 11 is 0. The molecule has 1 spiro atoms. The van der Waals surface area contributed by atoms with E-state index in [2.05, 4.69) is 0 Å². The highest BCUT2D eigenvalue weighted by molar-refractivity contribution is 7.88. The molecule has 0 unspecified atom stereocenters. The monoisotopic (exact) mass is 322 g/mol. The number of sulfonamides is 1. The van der Waals surface area contributed by atoms with Gasteiger partial charge in [-0.15, -0.1) is 0 Å². The van der Waals surface area contributed by atoms with Gasteiger partial charge in [-0.3, -0.25) is 4.79 Å². The normalized spacial score (nSPS) is 29.6. The summed E-state index contributed by atoms with van der Waals surface area (Å²) in [7, 11) is -3.29. The van der Waals surface area contributed by atoms with Gasteiger partial charge in [-0.2, -0.15) is 0 Å². The van der Waals surface area contributed by atoms with Crippen molar-refractivity contribution in [3.8, 4) is 0 Å². The third kappa shape index (κ3) is 2.34. The largest absolute Gasteiger partial charge is 0.342 e. The minimum absolute atomic E-state index is 0.0625. The van der Waals surface area contributed by atoms with E-state index >= 15 is 0 Å². The van der Waals surface area contributed by atoms with Crippen molar-refractivity contribution >= 4 is 15.9 Å². The Morgan fingerprint density at radius 1 is 1.27 bits per heavy atom. The number of rotatable bonds is 3. The predicted molar refractivity (Wildman–Crippen MR) is 84.9 cm³/mol. The third-order valence-electron chi connectivity index (χ3n) is 5.11. The fourth-order valence-corrected chi connectivity index (χ4v) is 4.74. The van der Waals surface area contributed by atoms with Crippen molar-refractivity contribution < 1.29 is 13.2 Å². The molecule has 1 aromatic rings. The van der Waals surface area contributed by atoms with Gasteiger partial charge in [0.05, 0.1) is 11.7 Å². The van der Waals surface area contributed by atoms with Crippen LogP contribution in [0.25, 0.3) is 0 Å². The third-order valence-corrected chi connectivity index (χ3v) is 6.32. The number of amides is 1. The van der Waals surface area contributed by atoms with Gasteiger partial charge in [0.15, 0.2) is 0 Å². The second-order valence-electron chi connectivity index (χ2n) is 6.31. The molecule has 0 saturated carbocycles.